The standard InChI is InChI=1S/C11H7BrN2S2/c1-7-5-16-11(14-7)8(4-13)2-10-3-9(12)6-15-10/h2-3,5-6H,1H3/b8-2+. The van der Waals surface area contributed by atoms with Gasteiger partial charge in [0.25, 0.3) is 0 Å². The molecule has 0 saturated heterocycles. The summed E-state index contributed by atoms with van der Waals surface area (Å²) in [5.41, 5.74) is 1.57. The zero-order chi connectivity index (χ0) is 11.5. The lowest BCUT2D eigenvalue weighted by atomic mass is 10.2. The van der Waals surface area contributed by atoms with Crippen LogP contribution < -0.4 is 0 Å². The van der Waals surface area contributed by atoms with Crippen LogP contribution in [0.15, 0.2) is 21.3 Å². The van der Waals surface area contributed by atoms with Crippen LogP contribution in [0.5, 0.6) is 0 Å². The number of nitrogens with zero attached hydrogens (tertiary/aromatic N) is 2. The number of aryl methyl sites for hydroxylation is 1. The third-order valence-corrected chi connectivity index (χ3v) is 4.48. The number of rotatable bonds is 2. The van der Waals surface area contributed by atoms with E-state index in [9.17, 15) is 0 Å². The number of halogens is 1. The molecule has 2 rings (SSSR count). The number of thiophene rings is 1. The largest absolute Gasteiger partial charge is 0.241 e. The maximum Gasteiger partial charge on any atom is 0.134 e. The smallest absolute Gasteiger partial charge is 0.134 e. The molecule has 80 valence electrons. The summed E-state index contributed by atoms with van der Waals surface area (Å²) in [6, 6.07) is 4.18. The Kier molecular flexibility index (Phi) is 3.54. The van der Waals surface area contributed by atoms with E-state index in [0.29, 0.717) is 5.57 Å². The third-order valence-electron chi connectivity index (χ3n) is 1.84. The Morgan fingerprint density at radius 1 is 1.50 bits per heavy atom. The van der Waals surface area contributed by atoms with Crippen LogP contribution in [-0.4, -0.2) is 4.98 Å². The first-order chi connectivity index (χ1) is 7.69. The van der Waals surface area contributed by atoms with E-state index in [2.05, 4.69) is 27.0 Å². The van der Waals surface area contributed by atoms with Gasteiger partial charge in [-0.2, -0.15) is 5.26 Å². The summed E-state index contributed by atoms with van der Waals surface area (Å²) in [6.07, 6.45) is 1.87. The van der Waals surface area contributed by atoms with Crippen molar-refractivity contribution in [1.82, 2.24) is 4.98 Å². The number of thiazole rings is 1. The van der Waals surface area contributed by atoms with Crippen molar-refractivity contribution in [3.05, 3.63) is 36.9 Å². The molecule has 5 heteroatoms. The highest BCUT2D eigenvalue weighted by atomic mass is 79.9. The van der Waals surface area contributed by atoms with Crippen LogP contribution in [0.3, 0.4) is 0 Å². The minimum atomic E-state index is 0.618. The summed E-state index contributed by atoms with van der Waals surface area (Å²) >= 11 is 6.49. The van der Waals surface area contributed by atoms with Gasteiger partial charge in [0.15, 0.2) is 0 Å². The average molecular weight is 311 g/mol. The molecule has 0 spiro atoms. The molecule has 0 aliphatic heterocycles. The van der Waals surface area contributed by atoms with Gasteiger partial charge in [0.05, 0.1) is 5.57 Å². The lowest BCUT2D eigenvalue weighted by Crippen LogP contribution is -1.79. The highest BCUT2D eigenvalue weighted by Crippen LogP contribution is 2.26. The van der Waals surface area contributed by atoms with Crippen LogP contribution in [-0.2, 0) is 0 Å². The van der Waals surface area contributed by atoms with Crippen LogP contribution in [0.1, 0.15) is 15.6 Å². The van der Waals surface area contributed by atoms with E-state index < -0.39 is 0 Å². The second kappa shape index (κ2) is 4.91. The molecular weight excluding hydrogens is 304 g/mol. The molecule has 0 aromatic carbocycles. The minimum absolute atomic E-state index is 0.618. The molecule has 0 unspecified atom stereocenters. The molecule has 0 aliphatic rings. The predicted molar refractivity (Wildman–Crippen MR) is 72.4 cm³/mol. The van der Waals surface area contributed by atoms with Gasteiger partial charge in [-0.05, 0) is 35.0 Å². The second-order valence-corrected chi connectivity index (χ2v) is 5.85. The van der Waals surface area contributed by atoms with Gasteiger partial charge in [-0.1, -0.05) is 0 Å². The second-order valence-electron chi connectivity index (χ2n) is 3.13. The van der Waals surface area contributed by atoms with Crippen molar-refractivity contribution in [3.8, 4) is 6.07 Å². The van der Waals surface area contributed by atoms with Gasteiger partial charge in [-0.25, -0.2) is 4.98 Å². The Balaban J connectivity index is 2.37. The van der Waals surface area contributed by atoms with E-state index in [-0.39, 0.29) is 0 Å². The predicted octanol–water partition coefficient (Wildman–Crippen LogP) is 4.34. The maximum atomic E-state index is 9.10. The number of aromatic nitrogens is 1. The molecule has 0 radical (unpaired) electrons. The third kappa shape index (κ3) is 2.59. The van der Waals surface area contributed by atoms with Gasteiger partial charge in [0.1, 0.15) is 11.1 Å². The fourth-order valence-corrected chi connectivity index (χ4v) is 3.30. The summed E-state index contributed by atoms with van der Waals surface area (Å²) in [6.45, 7) is 1.93. The van der Waals surface area contributed by atoms with Crippen molar-refractivity contribution in [3.63, 3.8) is 0 Å². The van der Waals surface area contributed by atoms with Crippen molar-refractivity contribution in [2.24, 2.45) is 0 Å². The molecule has 0 amide bonds. The van der Waals surface area contributed by atoms with Crippen molar-refractivity contribution >= 4 is 50.3 Å². The van der Waals surface area contributed by atoms with Crippen molar-refractivity contribution in [1.29, 1.82) is 5.26 Å². The van der Waals surface area contributed by atoms with Crippen LogP contribution in [0, 0.1) is 18.3 Å². The SMILES string of the molecule is Cc1csc(/C(C#N)=C/c2cc(Br)cs2)n1. The zero-order valence-corrected chi connectivity index (χ0v) is 11.6. The fraction of sp³-hybridized carbons (Fsp3) is 0.0909. The molecule has 2 heterocycles. The highest BCUT2D eigenvalue weighted by Gasteiger charge is 2.06. The van der Waals surface area contributed by atoms with E-state index in [4.69, 9.17) is 5.26 Å². The van der Waals surface area contributed by atoms with Crippen molar-refractivity contribution < 1.29 is 0 Å². The molecular formula is C11H7BrN2S2. The molecule has 0 fully saturated rings. The Morgan fingerprint density at radius 2 is 2.31 bits per heavy atom. The molecule has 2 aromatic heterocycles. The minimum Gasteiger partial charge on any atom is -0.241 e. The maximum absolute atomic E-state index is 9.10. The van der Waals surface area contributed by atoms with Gasteiger partial charge in [-0.15, -0.1) is 22.7 Å². The quantitative estimate of drug-likeness (QED) is 0.774. The Bertz CT molecular complexity index is 575. The fourth-order valence-electron chi connectivity index (χ4n) is 1.17. The van der Waals surface area contributed by atoms with Gasteiger partial charge in [0.2, 0.25) is 0 Å². The lowest BCUT2D eigenvalue weighted by Gasteiger charge is -1.90. The topological polar surface area (TPSA) is 36.7 Å². The van der Waals surface area contributed by atoms with Gasteiger partial charge in [-0.3, -0.25) is 0 Å². The van der Waals surface area contributed by atoms with Crippen LogP contribution in [0.25, 0.3) is 11.6 Å². The first-order valence-corrected chi connectivity index (χ1v) is 7.02. The van der Waals surface area contributed by atoms with Crippen LogP contribution in [0.2, 0.25) is 0 Å². The van der Waals surface area contributed by atoms with E-state index in [1.165, 1.54) is 11.3 Å². The van der Waals surface area contributed by atoms with Gasteiger partial charge in [0, 0.05) is 25.8 Å². The van der Waals surface area contributed by atoms with Crippen LogP contribution in [0.4, 0.5) is 0 Å². The molecule has 0 atom stereocenters. The normalized spacial score (nSPS) is 11.4. The van der Waals surface area contributed by atoms with Gasteiger partial charge >= 0.3 is 0 Å². The molecule has 0 aliphatic carbocycles. The molecule has 16 heavy (non-hydrogen) atoms. The number of hydrogen-bond donors (Lipinski definition) is 0. The number of allylic oxidation sites excluding steroid dienone is 1. The Morgan fingerprint density at radius 3 is 2.81 bits per heavy atom. The summed E-state index contributed by atoms with van der Waals surface area (Å²) < 4.78 is 1.04. The first-order valence-electron chi connectivity index (χ1n) is 4.47. The summed E-state index contributed by atoms with van der Waals surface area (Å²) in [7, 11) is 0. The van der Waals surface area contributed by atoms with Gasteiger partial charge < -0.3 is 0 Å². The molecule has 2 aromatic rings. The average Bonchev–Trinajstić information content (AvgIpc) is 2.84. The first kappa shape index (κ1) is 11.5. The van der Waals surface area contributed by atoms with Crippen molar-refractivity contribution in [2.75, 3.05) is 0 Å². The molecule has 2 nitrogen and oxygen atoms in total. The van der Waals surface area contributed by atoms with E-state index in [1.54, 1.807) is 11.3 Å². The molecule has 0 bridgehead atoms. The van der Waals surface area contributed by atoms with E-state index in [0.717, 1.165) is 20.1 Å². The monoisotopic (exact) mass is 310 g/mol. The van der Waals surface area contributed by atoms with Crippen molar-refractivity contribution in [2.45, 2.75) is 6.92 Å². The summed E-state index contributed by atoms with van der Waals surface area (Å²) in [5, 5.41) is 13.8. The lowest BCUT2D eigenvalue weighted by molar-refractivity contribution is 1.25. The van der Waals surface area contributed by atoms with E-state index >= 15 is 0 Å². The Hall–Kier alpha value is -0.960. The van der Waals surface area contributed by atoms with E-state index in [1.807, 2.05) is 29.8 Å². The molecule has 0 N–H and O–H groups in total. The number of nitriles is 1. The zero-order valence-electron chi connectivity index (χ0n) is 8.40. The Labute approximate surface area is 110 Å². The van der Waals surface area contributed by atoms with Crippen LogP contribution >= 0.6 is 38.6 Å². The summed E-state index contributed by atoms with van der Waals surface area (Å²) in [5.74, 6) is 0. The summed E-state index contributed by atoms with van der Waals surface area (Å²) in [4.78, 5) is 5.36. The number of hydrogen-bond acceptors (Lipinski definition) is 4. The highest BCUT2D eigenvalue weighted by molar-refractivity contribution is 9.10. The molecule has 0 saturated carbocycles.